The van der Waals surface area contributed by atoms with Crippen LogP contribution in [0.3, 0.4) is 0 Å². The maximum atomic E-state index is 12.9. The summed E-state index contributed by atoms with van der Waals surface area (Å²) in [4.78, 5) is 26.1. The molecule has 0 unspecified atom stereocenters. The van der Waals surface area contributed by atoms with Crippen LogP contribution in [0, 0.1) is 5.82 Å². The number of nitrogens with zero attached hydrogens (tertiary/aromatic N) is 1. The van der Waals surface area contributed by atoms with Crippen molar-refractivity contribution in [1.82, 2.24) is 4.90 Å². The molecule has 0 N–H and O–H groups in total. The number of benzene rings is 2. The monoisotopic (exact) mass is 313 g/mol. The highest BCUT2D eigenvalue weighted by Crippen LogP contribution is 2.12. The number of halogens is 1. The zero-order valence-corrected chi connectivity index (χ0v) is 13.4. The van der Waals surface area contributed by atoms with Crippen LogP contribution in [0.5, 0.6) is 0 Å². The Hall–Kier alpha value is -2.49. The van der Waals surface area contributed by atoms with E-state index in [0.717, 1.165) is 5.56 Å². The fraction of sp³-hybridized carbons (Fsp3) is 0.263. The first-order valence-electron chi connectivity index (χ1n) is 7.72. The number of hydrogen-bond donors (Lipinski definition) is 0. The Bertz CT molecular complexity index is 674. The first kappa shape index (κ1) is 16.9. The van der Waals surface area contributed by atoms with Crippen LogP contribution < -0.4 is 0 Å². The number of amides is 1. The summed E-state index contributed by atoms with van der Waals surface area (Å²) < 4.78 is 12.9. The molecular weight excluding hydrogens is 293 g/mol. The van der Waals surface area contributed by atoms with Crippen LogP contribution in [0.1, 0.15) is 40.1 Å². The minimum absolute atomic E-state index is 0.00795. The maximum absolute atomic E-state index is 12.9. The van der Waals surface area contributed by atoms with Gasteiger partial charge in [0.2, 0.25) is 0 Å². The second-order valence-corrected chi connectivity index (χ2v) is 5.28. The largest absolute Gasteiger partial charge is 0.339 e. The smallest absolute Gasteiger partial charge is 0.253 e. The number of carbonyl (C=O) groups is 2. The van der Waals surface area contributed by atoms with Crippen molar-refractivity contribution in [2.45, 2.75) is 20.3 Å². The van der Waals surface area contributed by atoms with Gasteiger partial charge < -0.3 is 4.90 Å². The van der Waals surface area contributed by atoms with Crippen LogP contribution in [0.4, 0.5) is 4.39 Å². The van der Waals surface area contributed by atoms with E-state index in [1.807, 2.05) is 13.8 Å². The summed E-state index contributed by atoms with van der Waals surface area (Å²) in [6.07, 6.45) is 0.228. The summed E-state index contributed by atoms with van der Waals surface area (Å²) in [7, 11) is 0. The molecular formula is C19H20FNO2. The SMILES string of the molecule is CCN(CC)C(=O)c1ccc(CC(=O)c2ccc(F)cc2)cc1. The molecule has 0 fully saturated rings. The molecule has 120 valence electrons. The van der Waals surface area contributed by atoms with Crippen molar-refractivity contribution in [3.8, 4) is 0 Å². The molecule has 0 atom stereocenters. The van der Waals surface area contributed by atoms with Crippen LogP contribution in [0.25, 0.3) is 0 Å². The molecule has 0 radical (unpaired) electrons. The average molecular weight is 313 g/mol. The van der Waals surface area contributed by atoms with Gasteiger partial charge in [-0.1, -0.05) is 12.1 Å². The molecule has 0 aliphatic heterocycles. The van der Waals surface area contributed by atoms with E-state index in [9.17, 15) is 14.0 Å². The van der Waals surface area contributed by atoms with Gasteiger partial charge in [-0.05, 0) is 55.8 Å². The van der Waals surface area contributed by atoms with Gasteiger partial charge in [-0.3, -0.25) is 9.59 Å². The van der Waals surface area contributed by atoms with E-state index in [1.54, 1.807) is 29.2 Å². The molecule has 23 heavy (non-hydrogen) atoms. The minimum Gasteiger partial charge on any atom is -0.339 e. The lowest BCUT2D eigenvalue weighted by molar-refractivity contribution is 0.0773. The Labute approximate surface area is 135 Å². The fourth-order valence-corrected chi connectivity index (χ4v) is 2.38. The third-order valence-corrected chi connectivity index (χ3v) is 3.78. The molecule has 0 aliphatic rings. The standard InChI is InChI=1S/C19H20FNO2/c1-3-21(4-2)19(23)16-7-5-14(6-8-16)13-18(22)15-9-11-17(20)12-10-15/h5-12H,3-4,13H2,1-2H3. The van der Waals surface area contributed by atoms with Crippen molar-refractivity contribution < 1.29 is 14.0 Å². The molecule has 2 aromatic rings. The molecule has 0 bridgehead atoms. The molecule has 0 saturated carbocycles. The van der Waals surface area contributed by atoms with Gasteiger partial charge in [-0.25, -0.2) is 4.39 Å². The van der Waals surface area contributed by atoms with E-state index >= 15 is 0 Å². The van der Waals surface area contributed by atoms with Crippen molar-refractivity contribution in [2.75, 3.05) is 13.1 Å². The van der Waals surface area contributed by atoms with Gasteiger partial charge in [0.25, 0.3) is 5.91 Å². The number of ketones is 1. The van der Waals surface area contributed by atoms with E-state index in [1.165, 1.54) is 24.3 Å². The van der Waals surface area contributed by atoms with Crippen molar-refractivity contribution in [3.63, 3.8) is 0 Å². The van der Waals surface area contributed by atoms with E-state index < -0.39 is 0 Å². The second kappa shape index (κ2) is 7.68. The Kier molecular flexibility index (Phi) is 5.63. The highest BCUT2D eigenvalue weighted by molar-refractivity contribution is 5.98. The molecule has 3 nitrogen and oxygen atoms in total. The Morgan fingerprint density at radius 2 is 1.39 bits per heavy atom. The number of rotatable bonds is 6. The molecule has 0 saturated heterocycles. The lowest BCUT2D eigenvalue weighted by Crippen LogP contribution is -2.30. The highest BCUT2D eigenvalue weighted by Gasteiger charge is 2.13. The van der Waals surface area contributed by atoms with Crippen molar-refractivity contribution >= 4 is 11.7 Å². The van der Waals surface area contributed by atoms with Gasteiger partial charge in [0.05, 0.1) is 0 Å². The quantitative estimate of drug-likeness (QED) is 0.762. The number of hydrogen-bond acceptors (Lipinski definition) is 2. The average Bonchev–Trinajstić information content (AvgIpc) is 2.57. The van der Waals surface area contributed by atoms with Crippen LogP contribution >= 0.6 is 0 Å². The number of Topliss-reactive ketones (excluding diaryl/α,β-unsaturated/α-hetero) is 1. The molecule has 0 aliphatic carbocycles. The fourth-order valence-electron chi connectivity index (χ4n) is 2.38. The molecule has 0 heterocycles. The minimum atomic E-state index is -0.360. The zero-order valence-electron chi connectivity index (χ0n) is 13.4. The summed E-state index contributed by atoms with van der Waals surface area (Å²) in [5.74, 6) is -0.444. The van der Waals surface area contributed by atoms with Crippen molar-refractivity contribution in [3.05, 3.63) is 71.0 Å². The summed E-state index contributed by atoms with van der Waals surface area (Å²) in [5, 5.41) is 0. The van der Waals surface area contributed by atoms with E-state index in [2.05, 4.69) is 0 Å². The van der Waals surface area contributed by atoms with E-state index in [0.29, 0.717) is 24.2 Å². The third kappa shape index (κ3) is 4.25. The molecule has 0 spiro atoms. The van der Waals surface area contributed by atoms with Gasteiger partial charge in [-0.2, -0.15) is 0 Å². The molecule has 1 amide bonds. The van der Waals surface area contributed by atoms with Crippen LogP contribution in [0.15, 0.2) is 48.5 Å². The first-order valence-corrected chi connectivity index (χ1v) is 7.72. The Morgan fingerprint density at radius 1 is 0.870 bits per heavy atom. The zero-order chi connectivity index (χ0) is 16.8. The summed E-state index contributed by atoms with van der Waals surface area (Å²) in [5.41, 5.74) is 1.93. The highest BCUT2D eigenvalue weighted by atomic mass is 19.1. The molecule has 2 rings (SSSR count). The predicted octanol–water partition coefficient (Wildman–Crippen LogP) is 3.73. The normalized spacial score (nSPS) is 10.4. The topological polar surface area (TPSA) is 37.4 Å². The van der Waals surface area contributed by atoms with Gasteiger partial charge >= 0.3 is 0 Å². The number of carbonyl (C=O) groups excluding carboxylic acids is 2. The van der Waals surface area contributed by atoms with E-state index in [-0.39, 0.29) is 23.9 Å². The van der Waals surface area contributed by atoms with Gasteiger partial charge in [-0.15, -0.1) is 0 Å². The maximum Gasteiger partial charge on any atom is 0.253 e. The van der Waals surface area contributed by atoms with Gasteiger partial charge in [0, 0.05) is 30.6 Å². The Morgan fingerprint density at radius 3 is 1.91 bits per heavy atom. The Balaban J connectivity index is 2.06. The van der Waals surface area contributed by atoms with Gasteiger partial charge in [0.15, 0.2) is 5.78 Å². The van der Waals surface area contributed by atoms with E-state index in [4.69, 9.17) is 0 Å². The predicted molar refractivity (Wildman–Crippen MR) is 88.1 cm³/mol. The molecule has 0 aromatic heterocycles. The van der Waals surface area contributed by atoms with Gasteiger partial charge in [0.1, 0.15) is 5.82 Å². The lowest BCUT2D eigenvalue weighted by atomic mass is 10.0. The molecule has 2 aromatic carbocycles. The van der Waals surface area contributed by atoms with Crippen LogP contribution in [0.2, 0.25) is 0 Å². The molecule has 4 heteroatoms. The third-order valence-electron chi connectivity index (χ3n) is 3.78. The second-order valence-electron chi connectivity index (χ2n) is 5.28. The summed E-state index contributed by atoms with van der Waals surface area (Å²) in [6, 6.07) is 12.6. The van der Waals surface area contributed by atoms with Crippen LogP contribution in [-0.2, 0) is 6.42 Å². The van der Waals surface area contributed by atoms with Crippen molar-refractivity contribution in [1.29, 1.82) is 0 Å². The first-order chi connectivity index (χ1) is 11.0. The summed E-state index contributed by atoms with van der Waals surface area (Å²) >= 11 is 0. The van der Waals surface area contributed by atoms with Crippen LogP contribution in [-0.4, -0.2) is 29.7 Å². The lowest BCUT2D eigenvalue weighted by Gasteiger charge is -2.18. The van der Waals surface area contributed by atoms with Crippen molar-refractivity contribution in [2.24, 2.45) is 0 Å². The summed E-state index contributed by atoms with van der Waals surface area (Å²) in [6.45, 7) is 5.22.